The van der Waals surface area contributed by atoms with E-state index in [9.17, 15) is 4.79 Å². The Morgan fingerprint density at radius 2 is 1.89 bits per heavy atom. The first-order valence-corrected chi connectivity index (χ1v) is 9.24. The number of hydrogen-bond donors (Lipinski definition) is 2. The molecule has 3 rings (SSSR count). The van der Waals surface area contributed by atoms with Crippen molar-refractivity contribution < 1.29 is 9.53 Å². The minimum absolute atomic E-state index is 0.239. The van der Waals surface area contributed by atoms with Gasteiger partial charge < -0.3 is 15.4 Å². The van der Waals surface area contributed by atoms with E-state index in [0.717, 1.165) is 23.3 Å². The van der Waals surface area contributed by atoms with Crippen LogP contribution in [0.1, 0.15) is 21.6 Å². The average molecular weight is 397 g/mol. The van der Waals surface area contributed by atoms with Crippen molar-refractivity contribution in [3.05, 3.63) is 82.8 Å². The lowest BCUT2D eigenvalue weighted by Gasteiger charge is -2.09. The second kappa shape index (κ2) is 9.71. The van der Waals surface area contributed by atoms with Gasteiger partial charge in [0.2, 0.25) is 0 Å². The lowest BCUT2D eigenvalue weighted by molar-refractivity contribution is 0.0949. The number of methoxy groups -OCH3 is 1. The van der Waals surface area contributed by atoms with Crippen molar-refractivity contribution in [2.24, 2.45) is 0 Å². The molecule has 0 saturated heterocycles. The third kappa shape index (κ3) is 5.44. The number of aromatic nitrogens is 2. The normalized spacial score (nSPS) is 10.4. The summed E-state index contributed by atoms with van der Waals surface area (Å²) in [4.78, 5) is 20.6. The first kappa shape index (κ1) is 19.6. The van der Waals surface area contributed by atoms with Crippen molar-refractivity contribution in [2.75, 3.05) is 19.0 Å². The quantitative estimate of drug-likeness (QED) is 0.606. The number of hydrogen-bond acceptors (Lipinski definition) is 5. The Kier molecular flexibility index (Phi) is 6.81. The highest BCUT2D eigenvalue weighted by Crippen LogP contribution is 2.16. The summed E-state index contributed by atoms with van der Waals surface area (Å²) < 4.78 is 5.14. The van der Waals surface area contributed by atoms with Crippen LogP contribution >= 0.6 is 11.6 Å². The molecule has 0 bridgehead atoms. The van der Waals surface area contributed by atoms with Gasteiger partial charge in [0.15, 0.2) is 0 Å². The predicted molar refractivity (Wildman–Crippen MR) is 110 cm³/mol. The summed E-state index contributed by atoms with van der Waals surface area (Å²) >= 11 is 6.15. The maximum absolute atomic E-state index is 12.3. The predicted octanol–water partition coefficient (Wildman–Crippen LogP) is 3.72. The molecule has 3 aromatic rings. The Labute approximate surface area is 168 Å². The first-order chi connectivity index (χ1) is 13.7. The van der Waals surface area contributed by atoms with E-state index < -0.39 is 0 Å². The standard InChI is InChI=1S/C21H21ClN4O2/c1-28-17-8-6-15(7-9-17)10-11-23-21(27)19-12-20(26-14-25-19)24-13-16-4-2-3-5-18(16)22/h2-9,12,14H,10-11,13H2,1H3,(H,23,27)(H,24,25,26). The summed E-state index contributed by atoms with van der Waals surface area (Å²) in [5.41, 5.74) is 2.38. The Bertz CT molecular complexity index is 932. The van der Waals surface area contributed by atoms with Crippen LogP contribution < -0.4 is 15.4 Å². The fourth-order valence-corrected chi connectivity index (χ4v) is 2.81. The Morgan fingerprint density at radius 3 is 2.64 bits per heavy atom. The van der Waals surface area contributed by atoms with E-state index in [2.05, 4.69) is 20.6 Å². The van der Waals surface area contributed by atoms with E-state index in [1.165, 1.54) is 6.33 Å². The molecule has 0 aliphatic rings. The average Bonchev–Trinajstić information content (AvgIpc) is 2.74. The van der Waals surface area contributed by atoms with Gasteiger partial charge in [0.25, 0.3) is 5.91 Å². The molecule has 2 N–H and O–H groups in total. The van der Waals surface area contributed by atoms with Gasteiger partial charge in [-0.15, -0.1) is 0 Å². The highest BCUT2D eigenvalue weighted by atomic mass is 35.5. The Balaban J connectivity index is 1.52. The van der Waals surface area contributed by atoms with E-state index >= 15 is 0 Å². The number of anilines is 1. The fraction of sp³-hybridized carbons (Fsp3) is 0.190. The molecular formula is C21H21ClN4O2. The molecule has 1 amide bonds. The molecule has 0 fully saturated rings. The minimum Gasteiger partial charge on any atom is -0.497 e. The summed E-state index contributed by atoms with van der Waals surface area (Å²) in [5, 5.41) is 6.72. The zero-order valence-electron chi connectivity index (χ0n) is 15.5. The van der Waals surface area contributed by atoms with Crippen LogP contribution in [-0.2, 0) is 13.0 Å². The smallest absolute Gasteiger partial charge is 0.270 e. The summed E-state index contributed by atoms with van der Waals surface area (Å²) in [5.74, 6) is 1.14. The van der Waals surface area contributed by atoms with Crippen LogP contribution in [0.3, 0.4) is 0 Å². The van der Waals surface area contributed by atoms with E-state index in [1.54, 1.807) is 13.2 Å². The number of carbonyl (C=O) groups excluding carboxylic acids is 1. The fourth-order valence-electron chi connectivity index (χ4n) is 2.61. The van der Waals surface area contributed by atoms with Crippen molar-refractivity contribution in [3.8, 4) is 5.75 Å². The van der Waals surface area contributed by atoms with Crippen molar-refractivity contribution >= 4 is 23.3 Å². The Morgan fingerprint density at radius 1 is 1.11 bits per heavy atom. The number of ether oxygens (including phenoxy) is 1. The van der Waals surface area contributed by atoms with E-state index in [0.29, 0.717) is 29.6 Å². The van der Waals surface area contributed by atoms with Gasteiger partial charge in [0, 0.05) is 24.2 Å². The zero-order valence-corrected chi connectivity index (χ0v) is 16.2. The van der Waals surface area contributed by atoms with Gasteiger partial charge >= 0.3 is 0 Å². The SMILES string of the molecule is COc1ccc(CCNC(=O)c2cc(NCc3ccccc3Cl)ncn2)cc1. The Hall–Kier alpha value is -3.12. The van der Waals surface area contributed by atoms with Gasteiger partial charge in [-0.3, -0.25) is 4.79 Å². The highest BCUT2D eigenvalue weighted by molar-refractivity contribution is 6.31. The van der Waals surface area contributed by atoms with E-state index in [4.69, 9.17) is 16.3 Å². The number of carbonyl (C=O) groups is 1. The van der Waals surface area contributed by atoms with Gasteiger partial charge in [-0.2, -0.15) is 0 Å². The summed E-state index contributed by atoms with van der Waals surface area (Å²) in [7, 11) is 1.63. The van der Waals surface area contributed by atoms with Crippen LogP contribution in [0.2, 0.25) is 5.02 Å². The van der Waals surface area contributed by atoms with Crippen LogP contribution in [-0.4, -0.2) is 29.5 Å². The maximum atomic E-state index is 12.3. The van der Waals surface area contributed by atoms with Gasteiger partial charge in [0.05, 0.1) is 7.11 Å². The molecule has 7 heteroatoms. The number of benzene rings is 2. The van der Waals surface area contributed by atoms with E-state index in [1.807, 2.05) is 48.5 Å². The van der Waals surface area contributed by atoms with E-state index in [-0.39, 0.29) is 5.91 Å². The molecule has 0 aliphatic heterocycles. The second-order valence-corrected chi connectivity index (χ2v) is 6.49. The van der Waals surface area contributed by atoms with Crippen molar-refractivity contribution in [2.45, 2.75) is 13.0 Å². The third-order valence-corrected chi connectivity index (χ3v) is 4.54. The van der Waals surface area contributed by atoms with Crippen LogP contribution in [0.15, 0.2) is 60.9 Å². The van der Waals surface area contributed by atoms with Gasteiger partial charge in [0.1, 0.15) is 23.6 Å². The molecular weight excluding hydrogens is 376 g/mol. The number of nitrogens with zero attached hydrogens (tertiary/aromatic N) is 2. The molecule has 0 saturated carbocycles. The monoisotopic (exact) mass is 396 g/mol. The molecule has 28 heavy (non-hydrogen) atoms. The highest BCUT2D eigenvalue weighted by Gasteiger charge is 2.09. The first-order valence-electron chi connectivity index (χ1n) is 8.86. The molecule has 2 aromatic carbocycles. The van der Waals surface area contributed by atoms with Crippen LogP contribution in [0.5, 0.6) is 5.75 Å². The summed E-state index contributed by atoms with van der Waals surface area (Å²) in [6.07, 6.45) is 2.09. The van der Waals surface area contributed by atoms with Crippen LogP contribution in [0.4, 0.5) is 5.82 Å². The van der Waals surface area contributed by atoms with Gasteiger partial charge in [-0.25, -0.2) is 9.97 Å². The third-order valence-electron chi connectivity index (χ3n) is 4.18. The number of halogens is 1. The second-order valence-electron chi connectivity index (χ2n) is 6.09. The molecule has 0 spiro atoms. The topological polar surface area (TPSA) is 76.1 Å². The largest absolute Gasteiger partial charge is 0.497 e. The molecule has 0 aliphatic carbocycles. The summed E-state index contributed by atoms with van der Waals surface area (Å²) in [6.45, 7) is 1.02. The molecule has 1 aromatic heterocycles. The van der Waals surface area contributed by atoms with Gasteiger partial charge in [-0.05, 0) is 35.7 Å². The molecule has 0 unspecified atom stereocenters. The minimum atomic E-state index is -0.239. The molecule has 144 valence electrons. The van der Waals surface area contributed by atoms with Crippen LogP contribution in [0.25, 0.3) is 0 Å². The van der Waals surface area contributed by atoms with Crippen molar-refractivity contribution in [3.63, 3.8) is 0 Å². The number of nitrogens with one attached hydrogen (secondary N) is 2. The maximum Gasteiger partial charge on any atom is 0.270 e. The van der Waals surface area contributed by atoms with Crippen molar-refractivity contribution in [1.29, 1.82) is 0 Å². The zero-order chi connectivity index (χ0) is 19.8. The van der Waals surface area contributed by atoms with Crippen LogP contribution in [0, 0.1) is 0 Å². The molecule has 0 atom stereocenters. The van der Waals surface area contributed by atoms with Gasteiger partial charge in [-0.1, -0.05) is 41.9 Å². The number of amides is 1. The summed E-state index contributed by atoms with van der Waals surface area (Å²) in [6, 6.07) is 17.0. The molecule has 6 nitrogen and oxygen atoms in total. The molecule has 1 heterocycles. The lowest BCUT2D eigenvalue weighted by Crippen LogP contribution is -2.26. The van der Waals surface area contributed by atoms with Crippen molar-refractivity contribution in [1.82, 2.24) is 15.3 Å². The number of rotatable bonds is 8. The lowest BCUT2D eigenvalue weighted by atomic mass is 10.1. The molecule has 0 radical (unpaired) electrons.